The quantitative estimate of drug-likeness (QED) is 0.805. The fraction of sp³-hybridized carbons (Fsp3) is 0.867. The molecule has 0 radical (unpaired) electrons. The second-order valence-corrected chi connectivity index (χ2v) is 7.13. The van der Waals surface area contributed by atoms with Crippen LogP contribution in [0.2, 0.25) is 0 Å². The van der Waals surface area contributed by atoms with Crippen LogP contribution in [-0.2, 0) is 9.53 Å². The standard InChI is InChI=1S/C15H26N2O4/c1-14(2,3)21-13(20)17-7-5-15(6-8-17)10-11(4-9-18)16-12(15)19/h11,18H,4-10H2,1-3H3,(H,16,19)/t11-/m0/s1. The van der Waals surface area contributed by atoms with Gasteiger partial charge in [-0.25, -0.2) is 4.79 Å². The summed E-state index contributed by atoms with van der Waals surface area (Å²) in [4.78, 5) is 25.9. The Hall–Kier alpha value is -1.30. The Balaban J connectivity index is 1.91. The van der Waals surface area contributed by atoms with E-state index in [4.69, 9.17) is 9.84 Å². The highest BCUT2D eigenvalue weighted by Gasteiger charge is 2.48. The van der Waals surface area contributed by atoms with Gasteiger partial charge in [0, 0.05) is 25.7 Å². The minimum atomic E-state index is -0.497. The Morgan fingerprint density at radius 3 is 2.57 bits per heavy atom. The van der Waals surface area contributed by atoms with Crippen LogP contribution in [0.25, 0.3) is 0 Å². The fourth-order valence-electron chi connectivity index (χ4n) is 3.16. The summed E-state index contributed by atoms with van der Waals surface area (Å²) in [7, 11) is 0. The average molecular weight is 298 g/mol. The van der Waals surface area contributed by atoms with Crippen LogP contribution < -0.4 is 5.32 Å². The smallest absolute Gasteiger partial charge is 0.410 e. The number of nitrogens with zero attached hydrogens (tertiary/aromatic N) is 1. The first kappa shape index (κ1) is 16.1. The summed E-state index contributed by atoms with van der Waals surface area (Å²) in [5.74, 6) is 0.0739. The van der Waals surface area contributed by atoms with E-state index in [-0.39, 0.29) is 30.1 Å². The number of hydrogen-bond donors (Lipinski definition) is 2. The summed E-state index contributed by atoms with van der Waals surface area (Å²) in [6.07, 6.45) is 2.39. The van der Waals surface area contributed by atoms with Gasteiger partial charge in [-0.3, -0.25) is 4.79 Å². The Kier molecular flexibility index (Phi) is 4.46. The lowest BCUT2D eigenvalue weighted by atomic mass is 9.76. The Bertz CT molecular complexity index is 408. The number of piperidine rings is 1. The normalized spacial score (nSPS) is 25.0. The van der Waals surface area contributed by atoms with Gasteiger partial charge < -0.3 is 20.1 Å². The molecule has 2 heterocycles. The molecule has 1 spiro atoms. The van der Waals surface area contributed by atoms with Crippen molar-refractivity contribution in [3.63, 3.8) is 0 Å². The molecular formula is C15H26N2O4. The SMILES string of the molecule is CC(C)(C)OC(=O)N1CCC2(CC1)C[C@H](CCO)NC2=O. The van der Waals surface area contributed by atoms with E-state index in [2.05, 4.69) is 5.32 Å². The zero-order valence-corrected chi connectivity index (χ0v) is 13.1. The van der Waals surface area contributed by atoms with Crippen molar-refractivity contribution in [1.29, 1.82) is 0 Å². The molecule has 0 unspecified atom stereocenters. The molecule has 0 aromatic heterocycles. The van der Waals surface area contributed by atoms with Crippen LogP contribution >= 0.6 is 0 Å². The fourth-order valence-corrected chi connectivity index (χ4v) is 3.16. The van der Waals surface area contributed by atoms with Crippen LogP contribution in [0.3, 0.4) is 0 Å². The zero-order chi connectivity index (χ0) is 15.7. The third-order valence-corrected chi connectivity index (χ3v) is 4.30. The summed E-state index contributed by atoms with van der Waals surface area (Å²) < 4.78 is 5.37. The molecule has 2 aliphatic heterocycles. The van der Waals surface area contributed by atoms with Gasteiger partial charge in [-0.05, 0) is 46.5 Å². The van der Waals surface area contributed by atoms with Gasteiger partial charge in [0.15, 0.2) is 0 Å². The van der Waals surface area contributed by atoms with Crippen LogP contribution in [0.1, 0.15) is 46.5 Å². The maximum Gasteiger partial charge on any atom is 0.410 e. The molecule has 2 amide bonds. The number of nitrogens with one attached hydrogen (secondary N) is 1. The number of hydrogen-bond acceptors (Lipinski definition) is 4. The Morgan fingerprint density at radius 1 is 1.43 bits per heavy atom. The third kappa shape index (κ3) is 3.67. The van der Waals surface area contributed by atoms with E-state index in [1.807, 2.05) is 20.8 Å². The highest BCUT2D eigenvalue weighted by molar-refractivity contribution is 5.85. The number of rotatable bonds is 2. The van der Waals surface area contributed by atoms with Crippen LogP contribution in [0.5, 0.6) is 0 Å². The highest BCUT2D eigenvalue weighted by Crippen LogP contribution is 2.41. The van der Waals surface area contributed by atoms with Gasteiger partial charge in [0.2, 0.25) is 5.91 Å². The van der Waals surface area contributed by atoms with Gasteiger partial charge in [0.1, 0.15) is 5.60 Å². The summed E-state index contributed by atoms with van der Waals surface area (Å²) in [5.41, 5.74) is -0.860. The molecule has 2 rings (SSSR count). The van der Waals surface area contributed by atoms with Crippen LogP contribution in [0.15, 0.2) is 0 Å². The van der Waals surface area contributed by atoms with Gasteiger partial charge >= 0.3 is 6.09 Å². The van der Waals surface area contributed by atoms with Crippen molar-refractivity contribution in [2.75, 3.05) is 19.7 Å². The lowest BCUT2D eigenvalue weighted by Crippen LogP contribution is -2.47. The number of aliphatic hydroxyl groups is 1. The topological polar surface area (TPSA) is 78.9 Å². The lowest BCUT2D eigenvalue weighted by molar-refractivity contribution is -0.130. The number of likely N-dealkylation sites (tertiary alicyclic amines) is 1. The molecule has 0 saturated carbocycles. The van der Waals surface area contributed by atoms with Crippen molar-refractivity contribution in [1.82, 2.24) is 10.2 Å². The number of amides is 2. The van der Waals surface area contributed by atoms with Gasteiger partial charge in [-0.2, -0.15) is 0 Å². The lowest BCUT2D eigenvalue weighted by Gasteiger charge is -2.38. The van der Waals surface area contributed by atoms with E-state index < -0.39 is 5.60 Å². The van der Waals surface area contributed by atoms with Crippen molar-refractivity contribution in [2.24, 2.45) is 5.41 Å². The first-order valence-electron chi connectivity index (χ1n) is 7.65. The van der Waals surface area contributed by atoms with E-state index in [0.29, 0.717) is 32.4 Å². The molecule has 0 bridgehead atoms. The molecule has 0 aliphatic carbocycles. The predicted molar refractivity (Wildman–Crippen MR) is 77.7 cm³/mol. The maximum atomic E-state index is 12.2. The molecule has 0 aromatic rings. The van der Waals surface area contributed by atoms with Crippen LogP contribution in [-0.4, -0.2) is 53.3 Å². The maximum absolute atomic E-state index is 12.2. The third-order valence-electron chi connectivity index (χ3n) is 4.30. The average Bonchev–Trinajstić information content (AvgIpc) is 2.65. The minimum absolute atomic E-state index is 0.0653. The molecular weight excluding hydrogens is 272 g/mol. The molecule has 2 fully saturated rings. The molecule has 6 heteroatoms. The molecule has 2 aliphatic rings. The van der Waals surface area contributed by atoms with Gasteiger partial charge in [0.25, 0.3) is 0 Å². The minimum Gasteiger partial charge on any atom is -0.444 e. The van der Waals surface area contributed by atoms with Crippen molar-refractivity contribution in [2.45, 2.75) is 58.1 Å². The predicted octanol–water partition coefficient (Wildman–Crippen LogP) is 1.27. The van der Waals surface area contributed by atoms with E-state index in [1.54, 1.807) is 4.90 Å². The van der Waals surface area contributed by atoms with Gasteiger partial charge in [-0.15, -0.1) is 0 Å². The second-order valence-electron chi connectivity index (χ2n) is 7.13. The monoisotopic (exact) mass is 298 g/mol. The van der Waals surface area contributed by atoms with E-state index in [1.165, 1.54) is 0 Å². The summed E-state index contributed by atoms with van der Waals surface area (Å²) >= 11 is 0. The highest BCUT2D eigenvalue weighted by atomic mass is 16.6. The van der Waals surface area contributed by atoms with E-state index in [0.717, 1.165) is 6.42 Å². The Morgan fingerprint density at radius 2 is 2.05 bits per heavy atom. The molecule has 2 N–H and O–H groups in total. The van der Waals surface area contributed by atoms with Gasteiger partial charge in [0.05, 0.1) is 5.41 Å². The Labute approximate surface area is 125 Å². The number of ether oxygens (including phenoxy) is 1. The zero-order valence-electron chi connectivity index (χ0n) is 13.1. The molecule has 0 aromatic carbocycles. The van der Waals surface area contributed by atoms with Gasteiger partial charge in [-0.1, -0.05) is 0 Å². The van der Waals surface area contributed by atoms with Crippen LogP contribution in [0, 0.1) is 5.41 Å². The number of aliphatic hydroxyl groups excluding tert-OH is 1. The van der Waals surface area contributed by atoms with Crippen molar-refractivity contribution in [3.8, 4) is 0 Å². The molecule has 21 heavy (non-hydrogen) atoms. The van der Waals surface area contributed by atoms with E-state index in [9.17, 15) is 9.59 Å². The summed E-state index contributed by atoms with van der Waals surface area (Å²) in [5, 5.41) is 12.0. The van der Waals surface area contributed by atoms with Crippen molar-refractivity contribution >= 4 is 12.0 Å². The molecule has 120 valence electrons. The summed E-state index contributed by atoms with van der Waals surface area (Å²) in [6.45, 7) is 6.73. The van der Waals surface area contributed by atoms with Crippen molar-refractivity contribution < 1.29 is 19.4 Å². The van der Waals surface area contributed by atoms with Crippen LogP contribution in [0.4, 0.5) is 4.79 Å². The van der Waals surface area contributed by atoms with Crippen molar-refractivity contribution in [3.05, 3.63) is 0 Å². The summed E-state index contributed by atoms with van der Waals surface area (Å²) in [6, 6.07) is 0.0653. The molecule has 1 atom stereocenters. The largest absolute Gasteiger partial charge is 0.444 e. The van der Waals surface area contributed by atoms with E-state index >= 15 is 0 Å². The molecule has 6 nitrogen and oxygen atoms in total. The first-order valence-corrected chi connectivity index (χ1v) is 7.65. The number of carbonyl (C=O) groups is 2. The first-order chi connectivity index (χ1) is 9.76. The number of carbonyl (C=O) groups excluding carboxylic acids is 2. The second kappa shape index (κ2) is 5.83. The molecule has 2 saturated heterocycles.